The molecule has 0 bridgehead atoms. The van der Waals surface area contributed by atoms with Crippen molar-refractivity contribution in [2.75, 3.05) is 0 Å². The Labute approximate surface area is 116 Å². The fraction of sp³-hybridized carbons (Fsp3) is 0.125. The van der Waals surface area contributed by atoms with Crippen molar-refractivity contribution in [2.24, 2.45) is 0 Å². The van der Waals surface area contributed by atoms with Gasteiger partial charge in [0.25, 0.3) is 0 Å². The monoisotopic (exact) mass is 267 g/mol. The molecule has 1 N–H and O–H groups in total. The highest BCUT2D eigenvalue weighted by Gasteiger charge is 2.12. The number of nitrogens with one attached hydrogen (secondary N) is 1. The molecule has 0 atom stereocenters. The fourth-order valence-corrected chi connectivity index (χ4v) is 2.14. The van der Waals surface area contributed by atoms with Crippen LogP contribution in [0.5, 0.6) is 0 Å². The standard InChI is InChI=1S/C16H14FN3/c1-2-13-4-3-5-15(19-13)16-14(10-18-20-16)11-6-8-12(17)9-7-11/h3-10H,2H2,1H3,(H,18,20). The fourth-order valence-electron chi connectivity index (χ4n) is 2.14. The van der Waals surface area contributed by atoms with Crippen LogP contribution in [0, 0.1) is 5.82 Å². The maximum Gasteiger partial charge on any atom is 0.123 e. The maximum atomic E-state index is 13.0. The highest BCUT2D eigenvalue weighted by Crippen LogP contribution is 2.29. The van der Waals surface area contributed by atoms with Gasteiger partial charge >= 0.3 is 0 Å². The summed E-state index contributed by atoms with van der Waals surface area (Å²) in [6.07, 6.45) is 2.69. The van der Waals surface area contributed by atoms with E-state index in [4.69, 9.17) is 0 Å². The summed E-state index contributed by atoms with van der Waals surface area (Å²) < 4.78 is 13.0. The molecule has 3 rings (SSSR count). The Balaban J connectivity index is 2.07. The number of benzene rings is 1. The Hall–Kier alpha value is -2.49. The normalized spacial score (nSPS) is 10.7. The van der Waals surface area contributed by atoms with Crippen LogP contribution in [0.3, 0.4) is 0 Å². The van der Waals surface area contributed by atoms with E-state index in [1.165, 1.54) is 12.1 Å². The molecule has 20 heavy (non-hydrogen) atoms. The minimum atomic E-state index is -0.245. The van der Waals surface area contributed by atoms with E-state index in [0.29, 0.717) is 0 Å². The molecule has 0 aliphatic heterocycles. The van der Waals surface area contributed by atoms with Gasteiger partial charge in [0.05, 0.1) is 5.69 Å². The second kappa shape index (κ2) is 5.25. The first-order valence-corrected chi connectivity index (χ1v) is 6.54. The van der Waals surface area contributed by atoms with Crippen LogP contribution < -0.4 is 0 Å². The lowest BCUT2D eigenvalue weighted by molar-refractivity contribution is 0.628. The average Bonchev–Trinajstić information content (AvgIpc) is 2.97. The number of hydrogen-bond acceptors (Lipinski definition) is 2. The van der Waals surface area contributed by atoms with Crippen LogP contribution in [-0.2, 0) is 6.42 Å². The number of aromatic nitrogens is 3. The van der Waals surface area contributed by atoms with Gasteiger partial charge in [0, 0.05) is 17.5 Å². The van der Waals surface area contributed by atoms with Crippen LogP contribution in [0.2, 0.25) is 0 Å². The number of rotatable bonds is 3. The van der Waals surface area contributed by atoms with Crippen molar-refractivity contribution >= 4 is 0 Å². The van der Waals surface area contributed by atoms with Crippen molar-refractivity contribution in [1.82, 2.24) is 15.2 Å². The van der Waals surface area contributed by atoms with Crippen LogP contribution in [0.1, 0.15) is 12.6 Å². The third-order valence-electron chi connectivity index (χ3n) is 3.21. The van der Waals surface area contributed by atoms with Crippen molar-refractivity contribution < 1.29 is 4.39 Å². The lowest BCUT2D eigenvalue weighted by Crippen LogP contribution is -1.91. The molecular weight excluding hydrogens is 253 g/mol. The zero-order chi connectivity index (χ0) is 13.9. The molecule has 4 heteroatoms. The van der Waals surface area contributed by atoms with E-state index in [0.717, 1.165) is 34.6 Å². The molecule has 0 radical (unpaired) electrons. The molecule has 0 saturated heterocycles. The highest BCUT2D eigenvalue weighted by atomic mass is 19.1. The summed E-state index contributed by atoms with van der Waals surface area (Å²) in [5, 5.41) is 7.14. The number of aryl methyl sites for hydroxylation is 1. The van der Waals surface area contributed by atoms with E-state index in [1.54, 1.807) is 12.1 Å². The topological polar surface area (TPSA) is 41.6 Å². The molecule has 0 unspecified atom stereocenters. The second-order valence-electron chi connectivity index (χ2n) is 4.52. The molecule has 0 saturated carbocycles. The Morgan fingerprint density at radius 3 is 2.65 bits per heavy atom. The number of pyridine rings is 1. The van der Waals surface area contributed by atoms with Gasteiger partial charge in [-0.15, -0.1) is 0 Å². The predicted molar refractivity (Wildman–Crippen MR) is 76.6 cm³/mol. The van der Waals surface area contributed by atoms with Gasteiger partial charge in [-0.25, -0.2) is 4.39 Å². The highest BCUT2D eigenvalue weighted by molar-refractivity contribution is 5.78. The van der Waals surface area contributed by atoms with Crippen LogP contribution in [0.25, 0.3) is 22.5 Å². The van der Waals surface area contributed by atoms with Gasteiger partial charge < -0.3 is 0 Å². The first-order chi connectivity index (χ1) is 9.78. The molecule has 3 nitrogen and oxygen atoms in total. The molecule has 0 spiro atoms. The van der Waals surface area contributed by atoms with Gasteiger partial charge in [0.2, 0.25) is 0 Å². The van der Waals surface area contributed by atoms with Crippen molar-refractivity contribution in [1.29, 1.82) is 0 Å². The first kappa shape index (κ1) is 12.5. The predicted octanol–water partition coefficient (Wildman–Crippen LogP) is 3.84. The number of hydrogen-bond donors (Lipinski definition) is 1. The van der Waals surface area contributed by atoms with E-state index in [1.807, 2.05) is 24.4 Å². The van der Waals surface area contributed by atoms with Crippen LogP contribution in [-0.4, -0.2) is 15.2 Å². The molecule has 2 heterocycles. The van der Waals surface area contributed by atoms with Crippen molar-refractivity contribution in [3.8, 4) is 22.5 Å². The van der Waals surface area contributed by atoms with E-state index in [2.05, 4.69) is 22.1 Å². The third-order valence-corrected chi connectivity index (χ3v) is 3.21. The number of halogens is 1. The number of aromatic amines is 1. The molecule has 0 aliphatic rings. The van der Waals surface area contributed by atoms with Gasteiger partial charge in [-0.3, -0.25) is 10.1 Å². The summed E-state index contributed by atoms with van der Waals surface area (Å²) in [7, 11) is 0. The maximum absolute atomic E-state index is 13.0. The van der Waals surface area contributed by atoms with Gasteiger partial charge in [-0.2, -0.15) is 5.10 Å². The summed E-state index contributed by atoms with van der Waals surface area (Å²) in [6.45, 7) is 2.07. The summed E-state index contributed by atoms with van der Waals surface area (Å²) in [5.74, 6) is -0.245. The SMILES string of the molecule is CCc1cccc(-c2n[nH]cc2-c2ccc(F)cc2)n1. The zero-order valence-corrected chi connectivity index (χ0v) is 11.1. The summed E-state index contributed by atoms with van der Waals surface area (Å²) in [6, 6.07) is 12.3. The quantitative estimate of drug-likeness (QED) is 0.783. The van der Waals surface area contributed by atoms with E-state index >= 15 is 0 Å². The van der Waals surface area contributed by atoms with Crippen molar-refractivity contribution in [2.45, 2.75) is 13.3 Å². The molecule has 0 amide bonds. The van der Waals surface area contributed by atoms with Crippen LogP contribution >= 0.6 is 0 Å². The third kappa shape index (κ3) is 2.32. The number of H-pyrrole nitrogens is 1. The first-order valence-electron chi connectivity index (χ1n) is 6.54. The Morgan fingerprint density at radius 2 is 1.90 bits per heavy atom. The molecular formula is C16H14FN3. The van der Waals surface area contributed by atoms with Gasteiger partial charge in [-0.05, 0) is 36.2 Å². The van der Waals surface area contributed by atoms with E-state index in [-0.39, 0.29) is 5.82 Å². The Morgan fingerprint density at radius 1 is 1.10 bits per heavy atom. The van der Waals surface area contributed by atoms with Gasteiger partial charge in [0.1, 0.15) is 11.5 Å². The minimum Gasteiger partial charge on any atom is -0.284 e. The van der Waals surface area contributed by atoms with Gasteiger partial charge in [-0.1, -0.05) is 25.1 Å². The molecule has 0 fully saturated rings. The lowest BCUT2D eigenvalue weighted by atomic mass is 10.0. The van der Waals surface area contributed by atoms with Crippen LogP contribution in [0.4, 0.5) is 4.39 Å². The minimum absolute atomic E-state index is 0.245. The van der Waals surface area contributed by atoms with Gasteiger partial charge in [0.15, 0.2) is 0 Å². The Bertz CT molecular complexity index is 717. The summed E-state index contributed by atoms with van der Waals surface area (Å²) in [5.41, 5.74) is 4.47. The average molecular weight is 267 g/mol. The van der Waals surface area contributed by atoms with Crippen LogP contribution in [0.15, 0.2) is 48.7 Å². The number of nitrogens with zero attached hydrogens (tertiary/aromatic N) is 2. The van der Waals surface area contributed by atoms with E-state index < -0.39 is 0 Å². The second-order valence-corrected chi connectivity index (χ2v) is 4.52. The summed E-state index contributed by atoms with van der Waals surface area (Å²) in [4.78, 5) is 4.58. The van der Waals surface area contributed by atoms with Crippen molar-refractivity contribution in [3.63, 3.8) is 0 Å². The smallest absolute Gasteiger partial charge is 0.123 e. The van der Waals surface area contributed by atoms with Crippen molar-refractivity contribution in [3.05, 3.63) is 60.2 Å². The molecule has 2 aromatic heterocycles. The summed E-state index contributed by atoms with van der Waals surface area (Å²) >= 11 is 0. The Kier molecular flexibility index (Phi) is 3.29. The molecule has 1 aromatic carbocycles. The molecule has 100 valence electrons. The zero-order valence-electron chi connectivity index (χ0n) is 11.1. The lowest BCUT2D eigenvalue weighted by Gasteiger charge is -2.04. The largest absolute Gasteiger partial charge is 0.284 e. The van der Waals surface area contributed by atoms with E-state index in [9.17, 15) is 4.39 Å². The molecule has 3 aromatic rings. The molecule has 0 aliphatic carbocycles.